The van der Waals surface area contributed by atoms with Gasteiger partial charge in [0, 0.05) is 26.5 Å². The third kappa shape index (κ3) is 2.53. The summed E-state index contributed by atoms with van der Waals surface area (Å²) in [6, 6.07) is 0. The van der Waals surface area contributed by atoms with Gasteiger partial charge in [-0.25, -0.2) is 0 Å². The largest absolute Gasteiger partial charge is 0.507 e. The van der Waals surface area contributed by atoms with Gasteiger partial charge in [0.05, 0.1) is 0 Å². The standard InChI is InChI=1S/C10H12Br2O3/c1-4-8(11)5(2)10(15)6(9(4)12)3-7(13)14/h7,13-15H,3H2,1-2H3. The molecule has 3 N–H and O–H groups in total. The van der Waals surface area contributed by atoms with E-state index in [0.717, 1.165) is 10.0 Å². The zero-order valence-corrected chi connectivity index (χ0v) is 11.6. The average Bonchev–Trinajstić information content (AvgIpc) is 2.18. The van der Waals surface area contributed by atoms with Crippen molar-refractivity contribution in [2.24, 2.45) is 0 Å². The molecule has 0 unspecified atom stereocenters. The predicted molar refractivity (Wildman–Crippen MR) is 64.9 cm³/mol. The highest BCUT2D eigenvalue weighted by Crippen LogP contribution is 2.39. The van der Waals surface area contributed by atoms with Gasteiger partial charge in [-0.2, -0.15) is 0 Å². The van der Waals surface area contributed by atoms with Crippen LogP contribution in [0.4, 0.5) is 0 Å². The second-order valence-corrected chi connectivity index (χ2v) is 4.98. The number of rotatable bonds is 2. The summed E-state index contributed by atoms with van der Waals surface area (Å²) >= 11 is 6.70. The molecule has 0 aliphatic heterocycles. The lowest BCUT2D eigenvalue weighted by atomic mass is 10.0. The molecule has 0 saturated heterocycles. The molecule has 0 aromatic heterocycles. The SMILES string of the molecule is Cc1c(O)c(CC(O)O)c(Br)c(C)c1Br. The molecule has 1 aromatic rings. The van der Waals surface area contributed by atoms with E-state index in [4.69, 9.17) is 10.2 Å². The van der Waals surface area contributed by atoms with Gasteiger partial charge < -0.3 is 15.3 Å². The van der Waals surface area contributed by atoms with Gasteiger partial charge >= 0.3 is 0 Å². The van der Waals surface area contributed by atoms with E-state index in [2.05, 4.69) is 31.9 Å². The second kappa shape index (κ2) is 4.82. The van der Waals surface area contributed by atoms with Crippen molar-refractivity contribution in [3.05, 3.63) is 25.6 Å². The number of halogens is 2. The minimum Gasteiger partial charge on any atom is -0.507 e. The number of aliphatic hydroxyl groups is 2. The lowest BCUT2D eigenvalue weighted by molar-refractivity contribution is -0.0386. The summed E-state index contributed by atoms with van der Waals surface area (Å²) in [6.45, 7) is 3.65. The molecule has 1 rings (SSSR count). The number of hydrogen-bond donors (Lipinski definition) is 3. The summed E-state index contributed by atoms with van der Waals surface area (Å²) < 4.78 is 1.52. The Hall–Kier alpha value is -0.100. The van der Waals surface area contributed by atoms with Crippen LogP contribution in [0.3, 0.4) is 0 Å². The van der Waals surface area contributed by atoms with Gasteiger partial charge in [0.1, 0.15) is 5.75 Å². The van der Waals surface area contributed by atoms with Gasteiger partial charge in [0.15, 0.2) is 6.29 Å². The van der Waals surface area contributed by atoms with Crippen LogP contribution in [-0.2, 0) is 6.42 Å². The van der Waals surface area contributed by atoms with Crippen molar-refractivity contribution in [2.75, 3.05) is 0 Å². The van der Waals surface area contributed by atoms with Gasteiger partial charge in [0.25, 0.3) is 0 Å². The molecule has 84 valence electrons. The van der Waals surface area contributed by atoms with Crippen LogP contribution in [0.25, 0.3) is 0 Å². The minimum atomic E-state index is -1.47. The lowest BCUT2D eigenvalue weighted by Crippen LogP contribution is -2.10. The molecule has 0 bridgehead atoms. The van der Waals surface area contributed by atoms with E-state index in [9.17, 15) is 5.11 Å². The van der Waals surface area contributed by atoms with Crippen molar-refractivity contribution >= 4 is 31.9 Å². The maximum atomic E-state index is 9.85. The van der Waals surface area contributed by atoms with Crippen LogP contribution in [0, 0.1) is 13.8 Å². The number of aromatic hydroxyl groups is 1. The molecule has 0 fully saturated rings. The highest BCUT2D eigenvalue weighted by atomic mass is 79.9. The summed E-state index contributed by atoms with van der Waals surface area (Å²) in [6.07, 6.45) is -1.46. The number of benzene rings is 1. The molecule has 15 heavy (non-hydrogen) atoms. The molecule has 0 radical (unpaired) electrons. The van der Waals surface area contributed by atoms with Crippen molar-refractivity contribution in [2.45, 2.75) is 26.6 Å². The predicted octanol–water partition coefficient (Wildman–Crippen LogP) is 2.39. The first-order valence-electron chi connectivity index (χ1n) is 4.38. The molecular weight excluding hydrogens is 328 g/mol. The van der Waals surface area contributed by atoms with E-state index in [1.165, 1.54) is 0 Å². The van der Waals surface area contributed by atoms with Crippen LogP contribution in [0.15, 0.2) is 8.95 Å². The monoisotopic (exact) mass is 338 g/mol. The van der Waals surface area contributed by atoms with Crippen LogP contribution >= 0.6 is 31.9 Å². The molecule has 0 aliphatic rings. The van der Waals surface area contributed by atoms with Gasteiger partial charge in [-0.05, 0) is 19.4 Å². The van der Waals surface area contributed by atoms with Crippen molar-refractivity contribution in [3.63, 3.8) is 0 Å². The normalized spacial score (nSPS) is 11.1. The summed E-state index contributed by atoms with van der Waals surface area (Å²) in [7, 11) is 0. The van der Waals surface area contributed by atoms with Crippen LogP contribution < -0.4 is 0 Å². The fourth-order valence-corrected chi connectivity index (χ4v) is 2.61. The molecule has 1 aromatic carbocycles. The van der Waals surface area contributed by atoms with E-state index in [0.29, 0.717) is 15.6 Å². The first kappa shape index (κ1) is 13.0. The van der Waals surface area contributed by atoms with Crippen molar-refractivity contribution in [1.82, 2.24) is 0 Å². The first-order valence-corrected chi connectivity index (χ1v) is 5.97. The Morgan fingerprint density at radius 1 is 1.07 bits per heavy atom. The Bertz CT molecular complexity index is 360. The average molecular weight is 340 g/mol. The van der Waals surface area contributed by atoms with Crippen LogP contribution in [0.5, 0.6) is 5.75 Å². The quantitative estimate of drug-likeness (QED) is 0.725. The van der Waals surface area contributed by atoms with Crippen LogP contribution in [0.1, 0.15) is 16.7 Å². The Morgan fingerprint density at radius 3 is 2.07 bits per heavy atom. The summed E-state index contributed by atoms with van der Waals surface area (Å²) in [5.41, 5.74) is 2.15. The third-order valence-electron chi connectivity index (χ3n) is 2.28. The summed E-state index contributed by atoms with van der Waals surface area (Å²) in [4.78, 5) is 0. The second-order valence-electron chi connectivity index (χ2n) is 3.39. The minimum absolute atomic E-state index is 0.00137. The molecule has 0 atom stereocenters. The lowest BCUT2D eigenvalue weighted by Gasteiger charge is -2.15. The number of hydrogen-bond acceptors (Lipinski definition) is 3. The molecule has 0 amide bonds. The van der Waals surface area contributed by atoms with Crippen molar-refractivity contribution < 1.29 is 15.3 Å². The van der Waals surface area contributed by atoms with Gasteiger partial charge in [0.2, 0.25) is 0 Å². The highest BCUT2D eigenvalue weighted by molar-refractivity contribution is 9.11. The molecule has 0 spiro atoms. The van der Waals surface area contributed by atoms with Gasteiger partial charge in [-0.3, -0.25) is 0 Å². The van der Waals surface area contributed by atoms with Gasteiger partial charge in [-0.15, -0.1) is 0 Å². The van der Waals surface area contributed by atoms with E-state index >= 15 is 0 Å². The Balaban J connectivity index is 3.39. The Labute approximate surface area is 105 Å². The van der Waals surface area contributed by atoms with Crippen molar-refractivity contribution in [3.8, 4) is 5.75 Å². The third-order valence-corrected chi connectivity index (χ3v) is 4.54. The van der Waals surface area contributed by atoms with E-state index in [1.807, 2.05) is 6.92 Å². The topological polar surface area (TPSA) is 60.7 Å². The van der Waals surface area contributed by atoms with E-state index in [-0.39, 0.29) is 12.2 Å². The zero-order valence-electron chi connectivity index (χ0n) is 8.38. The summed E-state index contributed by atoms with van der Waals surface area (Å²) in [5, 5.41) is 27.7. The molecule has 0 heterocycles. The number of aliphatic hydroxyl groups excluding tert-OH is 1. The van der Waals surface area contributed by atoms with Gasteiger partial charge in [-0.1, -0.05) is 31.9 Å². The fourth-order valence-electron chi connectivity index (χ4n) is 1.41. The van der Waals surface area contributed by atoms with Crippen LogP contribution in [-0.4, -0.2) is 21.6 Å². The first-order chi connectivity index (χ1) is 6.86. The highest BCUT2D eigenvalue weighted by Gasteiger charge is 2.17. The maximum absolute atomic E-state index is 9.85. The molecule has 5 heteroatoms. The number of phenols is 1. The molecule has 0 aliphatic carbocycles. The van der Waals surface area contributed by atoms with Crippen molar-refractivity contribution in [1.29, 1.82) is 0 Å². The smallest absolute Gasteiger partial charge is 0.155 e. The van der Waals surface area contributed by atoms with E-state index < -0.39 is 6.29 Å². The fraction of sp³-hybridized carbons (Fsp3) is 0.400. The number of phenolic OH excluding ortho intramolecular Hbond substituents is 1. The Kier molecular flexibility index (Phi) is 4.17. The molecular formula is C10H12Br2O3. The van der Waals surface area contributed by atoms with E-state index in [1.54, 1.807) is 6.92 Å². The summed E-state index contributed by atoms with van der Waals surface area (Å²) in [5.74, 6) is 0.0902. The molecule has 3 nitrogen and oxygen atoms in total. The maximum Gasteiger partial charge on any atom is 0.155 e. The molecule has 0 saturated carbocycles. The zero-order chi connectivity index (χ0) is 11.7. The Morgan fingerprint density at radius 2 is 1.60 bits per heavy atom. The van der Waals surface area contributed by atoms with Crippen LogP contribution in [0.2, 0.25) is 0 Å².